The molecule has 0 saturated heterocycles. The molecule has 29 heavy (non-hydrogen) atoms. The molecular weight excluding hydrogens is 408 g/mol. The number of fused-ring (bicyclic) bond motifs is 4. The fourth-order valence-corrected chi connectivity index (χ4v) is 6.14. The second-order valence-electron chi connectivity index (χ2n) is 7.25. The van der Waals surface area contributed by atoms with Crippen LogP contribution in [-0.4, -0.2) is 41.4 Å². The number of ether oxygens (including phenoxy) is 2. The van der Waals surface area contributed by atoms with Crippen LogP contribution in [0.3, 0.4) is 0 Å². The molecule has 0 bridgehead atoms. The number of methoxy groups -OCH3 is 2. The second kappa shape index (κ2) is 7.17. The monoisotopic (exact) mass is 428 g/mol. The Morgan fingerprint density at radius 1 is 1.28 bits per heavy atom. The molecule has 0 radical (unpaired) electrons. The van der Waals surface area contributed by atoms with E-state index in [1.807, 2.05) is 18.2 Å². The SMILES string of the molecule is COC[C@]1(OC)CCc2c(sc3ncnc(Nc4ccc5[nH]c(=O)sc5c4)c23)C1. The summed E-state index contributed by atoms with van der Waals surface area (Å²) >= 11 is 2.91. The molecule has 5 rings (SSSR count). The number of hydrogen-bond donors (Lipinski definition) is 2. The number of nitrogens with zero attached hydrogens (tertiary/aromatic N) is 2. The lowest BCUT2D eigenvalue weighted by atomic mass is 9.84. The molecule has 2 N–H and O–H groups in total. The average molecular weight is 429 g/mol. The van der Waals surface area contributed by atoms with E-state index in [1.54, 1.807) is 31.9 Å². The molecule has 0 fully saturated rings. The summed E-state index contributed by atoms with van der Waals surface area (Å²) in [4.78, 5) is 25.7. The molecule has 1 aliphatic carbocycles. The van der Waals surface area contributed by atoms with Gasteiger partial charge in [-0.1, -0.05) is 11.3 Å². The van der Waals surface area contributed by atoms with E-state index in [9.17, 15) is 4.79 Å². The van der Waals surface area contributed by atoms with Crippen LogP contribution in [0.2, 0.25) is 0 Å². The van der Waals surface area contributed by atoms with Gasteiger partial charge in [0.25, 0.3) is 0 Å². The molecule has 150 valence electrons. The van der Waals surface area contributed by atoms with Crippen LogP contribution in [0.1, 0.15) is 16.9 Å². The molecule has 0 amide bonds. The van der Waals surface area contributed by atoms with Gasteiger partial charge >= 0.3 is 4.87 Å². The molecule has 9 heteroatoms. The van der Waals surface area contributed by atoms with Gasteiger partial charge in [-0.3, -0.25) is 4.79 Å². The smallest absolute Gasteiger partial charge is 0.305 e. The number of nitrogens with one attached hydrogen (secondary N) is 2. The van der Waals surface area contributed by atoms with Crippen LogP contribution in [0.15, 0.2) is 29.3 Å². The number of thiophene rings is 1. The summed E-state index contributed by atoms with van der Waals surface area (Å²) in [5.74, 6) is 0.798. The van der Waals surface area contributed by atoms with Crippen LogP contribution in [0.5, 0.6) is 0 Å². The Labute approximate surface area is 174 Å². The van der Waals surface area contributed by atoms with Gasteiger partial charge in [-0.05, 0) is 36.6 Å². The minimum Gasteiger partial charge on any atom is -0.382 e. The number of benzene rings is 1. The fourth-order valence-electron chi connectivity index (χ4n) is 4.05. The van der Waals surface area contributed by atoms with Crippen LogP contribution < -0.4 is 10.2 Å². The predicted octanol–water partition coefficient (Wildman–Crippen LogP) is 3.86. The Bertz CT molecular complexity index is 1260. The van der Waals surface area contributed by atoms with E-state index in [0.717, 1.165) is 51.2 Å². The predicted molar refractivity (Wildman–Crippen MR) is 117 cm³/mol. The average Bonchev–Trinajstić information content (AvgIpc) is 3.27. The van der Waals surface area contributed by atoms with Gasteiger partial charge in [-0.25, -0.2) is 9.97 Å². The van der Waals surface area contributed by atoms with Crippen LogP contribution in [0, 0.1) is 0 Å². The standard InChI is InChI=1S/C20H20N4O3S2/c1-26-9-20(27-2)6-5-12-15(8-20)28-18-16(12)17(21-10-22-18)23-11-3-4-13-14(7-11)29-19(25)24-13/h3-4,7,10H,5-6,8-9H2,1-2H3,(H,24,25)(H,21,22,23)/t20-/m0/s1. The van der Waals surface area contributed by atoms with Crippen molar-refractivity contribution in [2.75, 3.05) is 26.1 Å². The number of hydrogen-bond acceptors (Lipinski definition) is 8. The Morgan fingerprint density at radius 3 is 3.00 bits per heavy atom. The molecule has 0 saturated carbocycles. The van der Waals surface area contributed by atoms with Crippen LogP contribution in [-0.2, 0) is 22.3 Å². The maximum absolute atomic E-state index is 11.6. The molecular formula is C20H20N4O3S2. The number of rotatable bonds is 5. The molecule has 0 aliphatic heterocycles. The van der Waals surface area contributed by atoms with Crippen molar-refractivity contribution in [3.63, 3.8) is 0 Å². The zero-order valence-electron chi connectivity index (χ0n) is 16.1. The van der Waals surface area contributed by atoms with Crippen molar-refractivity contribution in [3.05, 3.63) is 44.6 Å². The highest BCUT2D eigenvalue weighted by molar-refractivity contribution is 7.19. The number of aromatic nitrogens is 3. The summed E-state index contributed by atoms with van der Waals surface area (Å²) in [5.41, 5.74) is 2.76. The van der Waals surface area contributed by atoms with E-state index < -0.39 is 0 Å². The Hall–Kier alpha value is -2.33. The molecule has 7 nitrogen and oxygen atoms in total. The van der Waals surface area contributed by atoms with E-state index in [4.69, 9.17) is 9.47 Å². The quantitative estimate of drug-likeness (QED) is 0.502. The molecule has 1 atom stereocenters. The Kier molecular flexibility index (Phi) is 4.62. The van der Waals surface area contributed by atoms with Gasteiger partial charge in [-0.2, -0.15) is 0 Å². The van der Waals surface area contributed by atoms with Crippen LogP contribution in [0.25, 0.3) is 20.4 Å². The fraction of sp³-hybridized carbons (Fsp3) is 0.350. The van der Waals surface area contributed by atoms with Crippen molar-refractivity contribution in [1.82, 2.24) is 15.0 Å². The largest absolute Gasteiger partial charge is 0.382 e. The molecule has 1 aliphatic rings. The van der Waals surface area contributed by atoms with Crippen molar-refractivity contribution >= 4 is 54.6 Å². The molecule has 0 spiro atoms. The molecule has 3 aromatic heterocycles. The minimum absolute atomic E-state index is 0.0498. The third-order valence-corrected chi connectivity index (χ3v) is 7.49. The first kappa shape index (κ1) is 18.7. The maximum Gasteiger partial charge on any atom is 0.305 e. The first-order valence-corrected chi connectivity index (χ1v) is 10.9. The first-order chi connectivity index (χ1) is 14.1. The molecule has 0 unspecified atom stereocenters. The van der Waals surface area contributed by atoms with Crippen molar-refractivity contribution in [2.45, 2.75) is 24.9 Å². The molecule has 1 aromatic carbocycles. The van der Waals surface area contributed by atoms with E-state index in [2.05, 4.69) is 20.3 Å². The van der Waals surface area contributed by atoms with E-state index in [0.29, 0.717) is 6.61 Å². The van der Waals surface area contributed by atoms with Gasteiger partial charge in [0.15, 0.2) is 0 Å². The summed E-state index contributed by atoms with van der Waals surface area (Å²) in [5, 5.41) is 4.52. The van der Waals surface area contributed by atoms with Gasteiger partial charge in [0, 0.05) is 31.2 Å². The molecule has 3 heterocycles. The normalized spacial score (nSPS) is 19.0. The number of aryl methyl sites for hydroxylation is 1. The third kappa shape index (κ3) is 3.24. The summed E-state index contributed by atoms with van der Waals surface area (Å²) < 4.78 is 12.2. The number of H-pyrrole nitrogens is 1. The summed E-state index contributed by atoms with van der Waals surface area (Å²) in [6.45, 7) is 0.577. The summed E-state index contributed by atoms with van der Waals surface area (Å²) in [6.07, 6.45) is 4.20. The van der Waals surface area contributed by atoms with Gasteiger partial charge < -0.3 is 19.8 Å². The topological polar surface area (TPSA) is 89.1 Å². The lowest BCUT2D eigenvalue weighted by molar-refractivity contribution is -0.0714. The molecule has 4 aromatic rings. The van der Waals surface area contributed by atoms with Crippen molar-refractivity contribution in [1.29, 1.82) is 0 Å². The van der Waals surface area contributed by atoms with Crippen molar-refractivity contribution in [2.24, 2.45) is 0 Å². The summed E-state index contributed by atoms with van der Waals surface area (Å²) in [7, 11) is 3.47. The van der Waals surface area contributed by atoms with E-state index >= 15 is 0 Å². The maximum atomic E-state index is 11.6. The number of thiazole rings is 1. The number of aromatic amines is 1. The van der Waals surface area contributed by atoms with Crippen molar-refractivity contribution in [3.8, 4) is 0 Å². The highest BCUT2D eigenvalue weighted by Crippen LogP contribution is 2.42. The van der Waals surface area contributed by atoms with Gasteiger partial charge in [0.1, 0.15) is 17.0 Å². The van der Waals surface area contributed by atoms with Gasteiger partial charge in [0.2, 0.25) is 0 Å². The summed E-state index contributed by atoms with van der Waals surface area (Å²) in [6, 6.07) is 5.83. The zero-order chi connectivity index (χ0) is 20.0. The Balaban J connectivity index is 1.54. The lowest BCUT2D eigenvalue weighted by Crippen LogP contribution is -2.41. The second-order valence-corrected chi connectivity index (χ2v) is 9.35. The highest BCUT2D eigenvalue weighted by atomic mass is 32.1. The third-order valence-electron chi connectivity index (χ3n) is 5.51. The van der Waals surface area contributed by atoms with Crippen molar-refractivity contribution < 1.29 is 9.47 Å². The highest BCUT2D eigenvalue weighted by Gasteiger charge is 2.37. The zero-order valence-corrected chi connectivity index (χ0v) is 17.7. The Morgan fingerprint density at radius 2 is 2.17 bits per heavy atom. The minimum atomic E-state index is -0.277. The van der Waals surface area contributed by atoms with E-state index in [1.165, 1.54) is 21.8 Å². The van der Waals surface area contributed by atoms with Crippen LogP contribution in [0.4, 0.5) is 11.5 Å². The van der Waals surface area contributed by atoms with E-state index in [-0.39, 0.29) is 10.5 Å². The van der Waals surface area contributed by atoms with Gasteiger partial charge in [-0.15, -0.1) is 11.3 Å². The number of anilines is 2. The van der Waals surface area contributed by atoms with Gasteiger partial charge in [0.05, 0.1) is 27.8 Å². The lowest BCUT2D eigenvalue weighted by Gasteiger charge is -2.35. The van der Waals surface area contributed by atoms with Crippen LogP contribution >= 0.6 is 22.7 Å². The first-order valence-electron chi connectivity index (χ1n) is 9.30.